The van der Waals surface area contributed by atoms with E-state index in [9.17, 15) is 10.2 Å². The number of hydrogen-bond donors (Lipinski definition) is 3. The molecular formula is C6H11IO4. The van der Waals surface area contributed by atoms with Gasteiger partial charge in [-0.2, -0.15) is 0 Å². The Kier molecular flexibility index (Phi) is 3.10. The minimum Gasteiger partial charge on any atom is -0.389 e. The third-order valence-electron chi connectivity index (χ3n) is 1.78. The highest BCUT2D eigenvalue weighted by Gasteiger charge is 2.40. The van der Waals surface area contributed by atoms with Gasteiger partial charge in [0.15, 0.2) is 6.29 Å². The quantitative estimate of drug-likeness (QED) is 0.401. The smallest absolute Gasteiger partial charge is 0.169 e. The predicted molar refractivity (Wildman–Crippen MR) is 46.4 cm³/mol. The highest BCUT2D eigenvalue weighted by Crippen LogP contribution is 2.24. The largest absolute Gasteiger partial charge is 0.389 e. The molecule has 1 aliphatic rings. The van der Waals surface area contributed by atoms with Gasteiger partial charge in [-0.1, -0.05) is 22.6 Å². The van der Waals surface area contributed by atoms with Crippen LogP contribution in [0.3, 0.4) is 0 Å². The van der Waals surface area contributed by atoms with Crippen LogP contribution in [0.1, 0.15) is 6.92 Å². The Hall–Kier alpha value is 0.570. The average molecular weight is 274 g/mol. The summed E-state index contributed by atoms with van der Waals surface area (Å²) in [5.74, 6) is 0. The fraction of sp³-hybridized carbons (Fsp3) is 1.00. The Morgan fingerprint density at radius 2 is 1.73 bits per heavy atom. The van der Waals surface area contributed by atoms with E-state index < -0.39 is 28.5 Å². The molecule has 0 aromatic carbocycles. The van der Waals surface area contributed by atoms with Crippen molar-refractivity contribution in [3.8, 4) is 0 Å². The van der Waals surface area contributed by atoms with Gasteiger partial charge >= 0.3 is 0 Å². The van der Waals surface area contributed by atoms with Gasteiger partial charge in [0, 0.05) is 0 Å². The van der Waals surface area contributed by atoms with E-state index in [1.807, 2.05) is 22.6 Å². The molecule has 0 saturated carbocycles. The molecule has 1 heterocycles. The normalized spacial score (nSPS) is 52.6. The van der Waals surface area contributed by atoms with E-state index in [1.165, 1.54) is 0 Å². The van der Waals surface area contributed by atoms with Crippen LogP contribution in [0.2, 0.25) is 0 Å². The standard InChI is InChI=1S/C6H11IO4/c1-2-4(8)5(9)3(7)6(10)11-2/h2-6,8-10H,1H3/t2?,3?,4-,5-,6-/m1/s1. The molecule has 5 heteroatoms. The first-order chi connectivity index (χ1) is 5.04. The maximum Gasteiger partial charge on any atom is 0.169 e. The maximum atomic E-state index is 9.29. The monoisotopic (exact) mass is 274 g/mol. The fourth-order valence-electron chi connectivity index (χ4n) is 1.01. The van der Waals surface area contributed by atoms with Gasteiger partial charge in [0.2, 0.25) is 0 Å². The molecule has 11 heavy (non-hydrogen) atoms. The van der Waals surface area contributed by atoms with Crippen LogP contribution in [-0.2, 0) is 4.74 Å². The summed E-state index contributed by atoms with van der Waals surface area (Å²) in [5, 5.41) is 27.7. The zero-order chi connectivity index (χ0) is 8.59. The van der Waals surface area contributed by atoms with Crippen molar-refractivity contribution >= 4 is 22.6 Å². The van der Waals surface area contributed by atoms with E-state index in [2.05, 4.69) is 0 Å². The van der Waals surface area contributed by atoms with E-state index in [1.54, 1.807) is 6.92 Å². The van der Waals surface area contributed by atoms with E-state index in [-0.39, 0.29) is 0 Å². The topological polar surface area (TPSA) is 69.9 Å². The summed E-state index contributed by atoms with van der Waals surface area (Å²) < 4.78 is 4.46. The Bertz CT molecular complexity index is 129. The number of ether oxygens (including phenoxy) is 1. The number of rotatable bonds is 0. The highest BCUT2D eigenvalue weighted by atomic mass is 127. The van der Waals surface area contributed by atoms with E-state index >= 15 is 0 Å². The van der Waals surface area contributed by atoms with Gasteiger partial charge in [-0.3, -0.25) is 0 Å². The molecule has 0 spiro atoms. The lowest BCUT2D eigenvalue weighted by molar-refractivity contribution is -0.218. The summed E-state index contributed by atoms with van der Waals surface area (Å²) in [6.07, 6.45) is -3.30. The highest BCUT2D eigenvalue weighted by molar-refractivity contribution is 14.1. The van der Waals surface area contributed by atoms with Gasteiger partial charge in [0.1, 0.15) is 6.10 Å². The van der Waals surface area contributed by atoms with Crippen molar-refractivity contribution in [2.75, 3.05) is 0 Å². The summed E-state index contributed by atoms with van der Waals surface area (Å²) in [6.45, 7) is 1.61. The first kappa shape index (κ1) is 9.66. The van der Waals surface area contributed by atoms with Gasteiger partial charge in [-0.05, 0) is 6.92 Å². The van der Waals surface area contributed by atoms with Crippen LogP contribution in [-0.4, -0.2) is 43.8 Å². The number of hydrogen-bond acceptors (Lipinski definition) is 4. The molecule has 0 aromatic heterocycles. The first-order valence-corrected chi connectivity index (χ1v) is 4.62. The summed E-state index contributed by atoms with van der Waals surface area (Å²) in [5.41, 5.74) is 0. The minimum atomic E-state index is -0.982. The molecule has 2 unspecified atom stereocenters. The third kappa shape index (κ3) is 1.83. The number of alkyl halides is 1. The Morgan fingerprint density at radius 3 is 2.27 bits per heavy atom. The Labute approximate surface area is 78.3 Å². The zero-order valence-electron chi connectivity index (χ0n) is 6.01. The molecule has 0 amide bonds. The lowest BCUT2D eigenvalue weighted by Crippen LogP contribution is -2.54. The molecule has 1 fully saturated rings. The van der Waals surface area contributed by atoms with Crippen molar-refractivity contribution in [3.05, 3.63) is 0 Å². The van der Waals surface area contributed by atoms with Crippen LogP contribution >= 0.6 is 22.6 Å². The molecule has 0 bridgehead atoms. The molecule has 1 saturated heterocycles. The van der Waals surface area contributed by atoms with E-state index in [0.717, 1.165) is 0 Å². The number of halogens is 1. The van der Waals surface area contributed by atoms with Crippen molar-refractivity contribution < 1.29 is 20.1 Å². The maximum absolute atomic E-state index is 9.29. The summed E-state index contributed by atoms with van der Waals surface area (Å²) in [4.78, 5) is 0. The molecule has 1 rings (SSSR count). The van der Waals surface area contributed by atoms with Crippen LogP contribution in [0, 0.1) is 0 Å². The minimum absolute atomic E-state index is 0.459. The van der Waals surface area contributed by atoms with Crippen molar-refractivity contribution in [3.63, 3.8) is 0 Å². The molecule has 0 aromatic rings. The second kappa shape index (κ2) is 3.53. The Balaban J connectivity index is 2.63. The number of aliphatic hydroxyl groups excluding tert-OH is 3. The summed E-state index contributed by atoms with van der Waals surface area (Å²) >= 11 is 1.85. The second-order valence-electron chi connectivity index (χ2n) is 2.66. The molecule has 0 radical (unpaired) electrons. The Morgan fingerprint density at radius 1 is 1.18 bits per heavy atom. The van der Waals surface area contributed by atoms with Crippen molar-refractivity contribution in [2.24, 2.45) is 0 Å². The van der Waals surface area contributed by atoms with Crippen LogP contribution in [0.25, 0.3) is 0 Å². The van der Waals surface area contributed by atoms with Gasteiger partial charge in [0.25, 0.3) is 0 Å². The molecule has 66 valence electrons. The van der Waals surface area contributed by atoms with Crippen LogP contribution in [0.5, 0.6) is 0 Å². The van der Waals surface area contributed by atoms with Gasteiger partial charge in [0.05, 0.1) is 16.1 Å². The van der Waals surface area contributed by atoms with Crippen molar-refractivity contribution in [1.82, 2.24) is 0 Å². The molecule has 3 N–H and O–H groups in total. The van der Waals surface area contributed by atoms with Crippen LogP contribution in [0.15, 0.2) is 0 Å². The lowest BCUT2D eigenvalue weighted by Gasteiger charge is -2.36. The van der Waals surface area contributed by atoms with Gasteiger partial charge in [-0.25, -0.2) is 0 Å². The average Bonchev–Trinajstić information content (AvgIpc) is 1.97. The second-order valence-corrected chi connectivity index (χ2v) is 4.10. The van der Waals surface area contributed by atoms with Gasteiger partial charge in [-0.15, -0.1) is 0 Å². The van der Waals surface area contributed by atoms with Crippen LogP contribution in [0.4, 0.5) is 0 Å². The SMILES string of the molecule is CC1O[C@@H](O)C(I)[C@@H](O)[C@@H]1O. The molecule has 4 nitrogen and oxygen atoms in total. The van der Waals surface area contributed by atoms with Crippen LogP contribution < -0.4 is 0 Å². The van der Waals surface area contributed by atoms with E-state index in [0.29, 0.717) is 0 Å². The summed E-state index contributed by atoms with van der Waals surface area (Å²) in [7, 11) is 0. The molecular weight excluding hydrogens is 263 g/mol. The zero-order valence-corrected chi connectivity index (χ0v) is 8.17. The predicted octanol–water partition coefficient (Wildman–Crippen LogP) is -0.751. The third-order valence-corrected chi connectivity index (χ3v) is 3.14. The van der Waals surface area contributed by atoms with Gasteiger partial charge < -0.3 is 20.1 Å². The fourth-order valence-corrected chi connectivity index (χ4v) is 1.61. The van der Waals surface area contributed by atoms with E-state index in [4.69, 9.17) is 9.84 Å². The first-order valence-electron chi connectivity index (χ1n) is 3.37. The molecule has 5 atom stereocenters. The number of aliphatic hydroxyl groups is 3. The van der Waals surface area contributed by atoms with Crippen molar-refractivity contribution in [2.45, 2.75) is 35.5 Å². The summed E-state index contributed by atoms with van der Waals surface area (Å²) in [6, 6.07) is 0. The lowest BCUT2D eigenvalue weighted by atomic mass is 10.0. The van der Waals surface area contributed by atoms with Crippen molar-refractivity contribution in [1.29, 1.82) is 0 Å². The molecule has 0 aliphatic carbocycles. The molecule has 1 aliphatic heterocycles.